The smallest absolute Gasteiger partial charge is 0.263 e. The molecule has 2 aromatic heterocycles. The molecule has 1 aromatic carbocycles. The Morgan fingerprint density at radius 2 is 2.13 bits per heavy atom. The molecule has 0 aliphatic heterocycles. The monoisotopic (exact) mass is 452 g/mol. The molecule has 160 valence electrons. The minimum absolute atomic E-state index is 0.0394. The van der Waals surface area contributed by atoms with Gasteiger partial charge in [0, 0.05) is 17.5 Å². The van der Waals surface area contributed by atoms with Crippen molar-refractivity contribution < 1.29 is 4.79 Å². The molecule has 31 heavy (non-hydrogen) atoms. The second-order valence-corrected chi connectivity index (χ2v) is 9.40. The summed E-state index contributed by atoms with van der Waals surface area (Å²) >= 11 is 2.59. The average molecular weight is 453 g/mol. The van der Waals surface area contributed by atoms with Gasteiger partial charge in [-0.15, -0.1) is 17.9 Å². The van der Waals surface area contributed by atoms with E-state index in [9.17, 15) is 14.9 Å². The Morgan fingerprint density at radius 3 is 2.74 bits per heavy atom. The Morgan fingerprint density at radius 1 is 1.42 bits per heavy atom. The highest BCUT2D eigenvalue weighted by Gasteiger charge is 2.30. The van der Waals surface area contributed by atoms with E-state index in [0.717, 1.165) is 11.1 Å². The second kappa shape index (κ2) is 9.50. The molecule has 0 bridgehead atoms. The number of nitrogens with zero attached hydrogens (tertiary/aromatic N) is 3. The number of rotatable bonds is 8. The zero-order valence-electron chi connectivity index (χ0n) is 17.7. The van der Waals surface area contributed by atoms with Crippen LogP contribution >= 0.6 is 23.1 Å². The molecule has 1 amide bonds. The molecule has 8 heteroatoms. The molecule has 0 radical (unpaired) electrons. The van der Waals surface area contributed by atoms with E-state index in [1.165, 1.54) is 23.1 Å². The molecule has 0 aliphatic rings. The number of fused-ring (bicyclic) bond motifs is 1. The Balaban J connectivity index is 1.94. The molecule has 1 atom stereocenters. The first kappa shape index (κ1) is 22.8. The second-order valence-electron chi connectivity index (χ2n) is 7.60. The number of benzene rings is 1. The van der Waals surface area contributed by atoms with Crippen LogP contribution < -0.4 is 10.9 Å². The highest BCUT2D eigenvalue weighted by atomic mass is 32.2. The molecule has 6 nitrogen and oxygen atoms in total. The van der Waals surface area contributed by atoms with Crippen LogP contribution in [0.4, 0.5) is 0 Å². The average Bonchev–Trinajstić information content (AvgIpc) is 3.19. The standard InChI is InChI=1S/C23H24N4O2S2/c1-5-11-27-21(29)19-17(16-9-7-6-8-10-16)12-30-20(19)25-22(27)31-13-18(28)26-23(4,14-24)15(2)3/h5-10,12,15H,1,11,13H2,2-4H3,(H,26,28). The van der Waals surface area contributed by atoms with Crippen LogP contribution in [-0.2, 0) is 11.3 Å². The maximum Gasteiger partial charge on any atom is 0.263 e. The number of carbonyl (C=O) groups excluding carboxylic acids is 1. The van der Waals surface area contributed by atoms with Crippen molar-refractivity contribution in [2.45, 2.75) is 38.0 Å². The molecular weight excluding hydrogens is 428 g/mol. The number of carbonyl (C=O) groups is 1. The number of allylic oxidation sites excluding steroid dienone is 1. The first-order valence-electron chi connectivity index (χ1n) is 9.84. The predicted molar refractivity (Wildman–Crippen MR) is 127 cm³/mol. The van der Waals surface area contributed by atoms with Gasteiger partial charge in [0.2, 0.25) is 5.91 Å². The van der Waals surface area contributed by atoms with Gasteiger partial charge in [-0.2, -0.15) is 5.26 Å². The van der Waals surface area contributed by atoms with Crippen molar-refractivity contribution in [2.75, 3.05) is 5.75 Å². The highest BCUT2D eigenvalue weighted by Crippen LogP contribution is 2.32. The van der Waals surface area contributed by atoms with Gasteiger partial charge < -0.3 is 5.32 Å². The number of hydrogen-bond donors (Lipinski definition) is 1. The van der Waals surface area contributed by atoms with Gasteiger partial charge in [-0.3, -0.25) is 14.2 Å². The van der Waals surface area contributed by atoms with E-state index in [1.807, 2.05) is 49.6 Å². The molecular formula is C23H24N4O2S2. The molecule has 0 aliphatic carbocycles. The summed E-state index contributed by atoms with van der Waals surface area (Å²) in [6.45, 7) is 9.51. The summed E-state index contributed by atoms with van der Waals surface area (Å²) in [4.78, 5) is 31.1. The van der Waals surface area contributed by atoms with Crippen molar-refractivity contribution in [2.24, 2.45) is 5.92 Å². The van der Waals surface area contributed by atoms with Gasteiger partial charge in [0.1, 0.15) is 10.4 Å². The van der Waals surface area contributed by atoms with E-state index < -0.39 is 5.54 Å². The van der Waals surface area contributed by atoms with Crippen molar-refractivity contribution in [3.63, 3.8) is 0 Å². The van der Waals surface area contributed by atoms with Gasteiger partial charge in [-0.05, 0) is 18.4 Å². The van der Waals surface area contributed by atoms with Crippen LogP contribution in [0.25, 0.3) is 21.3 Å². The predicted octanol–water partition coefficient (Wildman–Crippen LogP) is 4.46. The van der Waals surface area contributed by atoms with Crippen LogP contribution in [-0.4, -0.2) is 26.8 Å². The Kier molecular flexibility index (Phi) is 6.98. The lowest BCUT2D eigenvalue weighted by Crippen LogP contribution is -2.49. The normalized spacial score (nSPS) is 13.0. The maximum absolute atomic E-state index is 13.3. The zero-order chi connectivity index (χ0) is 22.6. The van der Waals surface area contributed by atoms with Crippen LogP contribution in [0.2, 0.25) is 0 Å². The number of nitriles is 1. The largest absolute Gasteiger partial charge is 0.337 e. The number of thiophene rings is 1. The van der Waals surface area contributed by atoms with Crippen molar-refractivity contribution in [3.8, 4) is 17.2 Å². The summed E-state index contributed by atoms with van der Waals surface area (Å²) in [5.41, 5.74) is 0.708. The molecule has 0 saturated carbocycles. The van der Waals surface area contributed by atoms with Crippen molar-refractivity contribution in [1.82, 2.24) is 14.9 Å². The zero-order valence-corrected chi connectivity index (χ0v) is 19.3. The van der Waals surface area contributed by atoms with Crippen molar-refractivity contribution in [3.05, 3.63) is 58.7 Å². The molecule has 1 N–H and O–H groups in total. The summed E-state index contributed by atoms with van der Waals surface area (Å²) in [5.74, 6) is -0.267. The van der Waals surface area contributed by atoms with Gasteiger partial charge in [0.25, 0.3) is 5.56 Å². The van der Waals surface area contributed by atoms with Gasteiger partial charge in [-0.1, -0.05) is 62.0 Å². The summed E-state index contributed by atoms with van der Waals surface area (Å²) in [6, 6.07) is 11.9. The first-order valence-corrected chi connectivity index (χ1v) is 11.7. The number of hydrogen-bond acceptors (Lipinski definition) is 6. The Bertz CT molecular complexity index is 1210. The lowest BCUT2D eigenvalue weighted by atomic mass is 9.90. The fourth-order valence-electron chi connectivity index (χ4n) is 2.99. The molecule has 0 spiro atoms. The quantitative estimate of drug-likeness (QED) is 0.310. The van der Waals surface area contributed by atoms with E-state index in [4.69, 9.17) is 0 Å². The summed E-state index contributed by atoms with van der Waals surface area (Å²) in [6.07, 6.45) is 1.64. The number of nitrogens with one attached hydrogen (secondary N) is 1. The van der Waals surface area contributed by atoms with Gasteiger partial charge in [0.15, 0.2) is 5.16 Å². The van der Waals surface area contributed by atoms with Gasteiger partial charge in [-0.25, -0.2) is 4.98 Å². The minimum atomic E-state index is -0.950. The fourth-order valence-corrected chi connectivity index (χ4v) is 4.79. The van der Waals surface area contributed by atoms with E-state index in [-0.39, 0.29) is 29.7 Å². The first-order chi connectivity index (χ1) is 14.8. The number of thioether (sulfide) groups is 1. The molecule has 0 saturated heterocycles. The van der Waals surface area contributed by atoms with Crippen LogP contribution in [0.15, 0.2) is 58.3 Å². The van der Waals surface area contributed by atoms with Gasteiger partial charge in [0.05, 0.1) is 17.2 Å². The lowest BCUT2D eigenvalue weighted by Gasteiger charge is -2.27. The number of aromatic nitrogens is 2. The molecule has 0 fully saturated rings. The molecule has 1 unspecified atom stereocenters. The van der Waals surface area contributed by atoms with Crippen molar-refractivity contribution >= 4 is 39.2 Å². The molecule has 3 rings (SSSR count). The van der Waals surface area contributed by atoms with E-state index in [0.29, 0.717) is 15.4 Å². The topological polar surface area (TPSA) is 87.8 Å². The third-order valence-electron chi connectivity index (χ3n) is 5.17. The number of amides is 1. The fraction of sp³-hybridized carbons (Fsp3) is 0.304. The summed E-state index contributed by atoms with van der Waals surface area (Å²) < 4.78 is 1.54. The summed E-state index contributed by atoms with van der Waals surface area (Å²) in [5, 5.41) is 15.2. The van der Waals surface area contributed by atoms with E-state index in [2.05, 4.69) is 22.9 Å². The molecule has 2 heterocycles. The Labute approximate surface area is 189 Å². The minimum Gasteiger partial charge on any atom is -0.337 e. The van der Waals surface area contributed by atoms with Crippen LogP contribution in [0.3, 0.4) is 0 Å². The van der Waals surface area contributed by atoms with Gasteiger partial charge >= 0.3 is 0 Å². The van der Waals surface area contributed by atoms with Crippen molar-refractivity contribution in [1.29, 1.82) is 5.26 Å². The van der Waals surface area contributed by atoms with Crippen LogP contribution in [0.5, 0.6) is 0 Å². The SMILES string of the molecule is C=CCn1c(SCC(=O)NC(C)(C#N)C(C)C)nc2scc(-c3ccccc3)c2c1=O. The van der Waals surface area contributed by atoms with E-state index >= 15 is 0 Å². The molecule has 3 aromatic rings. The maximum atomic E-state index is 13.3. The Hall–Kier alpha value is -2.89. The third-order valence-corrected chi connectivity index (χ3v) is 7.02. The lowest BCUT2D eigenvalue weighted by molar-refractivity contribution is -0.120. The summed E-state index contributed by atoms with van der Waals surface area (Å²) in [7, 11) is 0. The van der Waals surface area contributed by atoms with Crippen LogP contribution in [0.1, 0.15) is 20.8 Å². The highest BCUT2D eigenvalue weighted by molar-refractivity contribution is 7.99. The van der Waals surface area contributed by atoms with E-state index in [1.54, 1.807) is 17.6 Å². The van der Waals surface area contributed by atoms with Crippen LogP contribution in [0, 0.1) is 17.2 Å². The third kappa shape index (κ3) is 4.73.